The number of aromatic hydroxyl groups is 1. The minimum absolute atomic E-state index is 0.0487. The fourth-order valence-corrected chi connectivity index (χ4v) is 6.84. The van der Waals surface area contributed by atoms with Crippen LogP contribution in [0.2, 0.25) is 0 Å². The third kappa shape index (κ3) is 4.40. The molecule has 7 rings (SSSR count). The zero-order valence-electron chi connectivity index (χ0n) is 22.9. The molecule has 3 N–H and O–H groups in total. The molecule has 0 saturated carbocycles. The summed E-state index contributed by atoms with van der Waals surface area (Å²) in [4.78, 5) is 0. The molecule has 4 aliphatic heterocycles. The van der Waals surface area contributed by atoms with Crippen molar-refractivity contribution in [3.63, 3.8) is 0 Å². The van der Waals surface area contributed by atoms with Crippen molar-refractivity contribution in [3.05, 3.63) is 41.0 Å². The standard InChI is InChI=1S/C29H34O12/c1-12-36-10-22-28(39-12)25(31)26(32)29(40-22)41-27-15-7-19-18(37-11-38-19)6-14(15)23(16-8-35-9-17(16)27)13-4-20(33-2)24(30)21(5-13)34-3/h4-7,12,16-17,22-23,25-32H,8-11H2,1-3H3/t12-,16+,17+,22-,23-,25-,26-,27-,28-,29+/m1/s1. The van der Waals surface area contributed by atoms with Crippen LogP contribution in [0.25, 0.3) is 0 Å². The molecular formula is C29H34O12. The van der Waals surface area contributed by atoms with Gasteiger partial charge >= 0.3 is 0 Å². The lowest BCUT2D eigenvalue weighted by molar-refractivity contribution is -0.364. The van der Waals surface area contributed by atoms with Gasteiger partial charge in [0.2, 0.25) is 12.5 Å². The maximum absolute atomic E-state index is 11.1. The van der Waals surface area contributed by atoms with Crippen LogP contribution in [-0.2, 0) is 23.7 Å². The normalized spacial score (nSPS) is 37.2. The van der Waals surface area contributed by atoms with Gasteiger partial charge in [0.25, 0.3) is 0 Å². The molecule has 3 saturated heterocycles. The van der Waals surface area contributed by atoms with Crippen LogP contribution in [0.3, 0.4) is 0 Å². The van der Waals surface area contributed by atoms with Crippen LogP contribution in [0.5, 0.6) is 28.7 Å². The Balaban J connectivity index is 1.29. The summed E-state index contributed by atoms with van der Waals surface area (Å²) in [6.45, 7) is 2.90. The van der Waals surface area contributed by atoms with Gasteiger partial charge in [-0.2, -0.15) is 0 Å². The molecule has 0 bridgehead atoms. The molecule has 3 fully saturated rings. The highest BCUT2D eigenvalue weighted by atomic mass is 16.8. The summed E-state index contributed by atoms with van der Waals surface area (Å²) in [5.41, 5.74) is 2.62. The van der Waals surface area contributed by atoms with Crippen molar-refractivity contribution >= 4 is 0 Å². The van der Waals surface area contributed by atoms with Gasteiger partial charge in [0.15, 0.2) is 35.6 Å². The summed E-state index contributed by atoms with van der Waals surface area (Å²) >= 11 is 0. The first-order chi connectivity index (χ1) is 19.9. The molecule has 222 valence electrons. The Bertz CT molecular complexity index is 1270. The first kappa shape index (κ1) is 27.0. The van der Waals surface area contributed by atoms with Crippen molar-refractivity contribution in [2.45, 2.75) is 55.9 Å². The Morgan fingerprint density at radius 2 is 1.51 bits per heavy atom. The maximum Gasteiger partial charge on any atom is 0.231 e. The molecule has 0 unspecified atom stereocenters. The lowest BCUT2D eigenvalue weighted by Crippen LogP contribution is -2.63. The van der Waals surface area contributed by atoms with Crippen LogP contribution >= 0.6 is 0 Å². The maximum atomic E-state index is 11.1. The monoisotopic (exact) mass is 574 g/mol. The molecule has 2 aromatic carbocycles. The van der Waals surface area contributed by atoms with E-state index in [4.69, 9.17) is 42.6 Å². The van der Waals surface area contributed by atoms with Crippen LogP contribution < -0.4 is 18.9 Å². The number of hydrogen-bond donors (Lipinski definition) is 3. The van der Waals surface area contributed by atoms with Crippen molar-refractivity contribution in [1.82, 2.24) is 0 Å². The van der Waals surface area contributed by atoms with Gasteiger partial charge in [0, 0.05) is 17.8 Å². The van der Waals surface area contributed by atoms with Crippen LogP contribution in [0, 0.1) is 11.8 Å². The van der Waals surface area contributed by atoms with E-state index in [0.29, 0.717) is 36.2 Å². The van der Waals surface area contributed by atoms with Crippen molar-refractivity contribution in [3.8, 4) is 28.7 Å². The smallest absolute Gasteiger partial charge is 0.231 e. The molecule has 0 aromatic heterocycles. The number of aliphatic hydroxyl groups excluding tert-OH is 2. The third-order valence-corrected chi connectivity index (χ3v) is 8.83. The highest BCUT2D eigenvalue weighted by Crippen LogP contribution is 2.56. The second-order valence-corrected chi connectivity index (χ2v) is 11.0. The van der Waals surface area contributed by atoms with Gasteiger partial charge in [-0.1, -0.05) is 0 Å². The number of hydrogen-bond acceptors (Lipinski definition) is 12. The predicted molar refractivity (Wildman–Crippen MR) is 138 cm³/mol. The van der Waals surface area contributed by atoms with Crippen LogP contribution in [-0.4, -0.2) is 93.1 Å². The Hall–Kier alpha value is -2.84. The topological polar surface area (TPSA) is 144 Å². The zero-order chi connectivity index (χ0) is 28.4. The Labute approximate surface area is 236 Å². The lowest BCUT2D eigenvalue weighted by Gasteiger charge is -2.48. The fourth-order valence-electron chi connectivity index (χ4n) is 6.84. The summed E-state index contributed by atoms with van der Waals surface area (Å²) in [5.74, 6) is 1.34. The molecule has 0 amide bonds. The summed E-state index contributed by atoms with van der Waals surface area (Å²) < 4.78 is 52.4. The van der Waals surface area contributed by atoms with E-state index in [1.165, 1.54) is 14.2 Å². The van der Waals surface area contributed by atoms with E-state index in [2.05, 4.69) is 0 Å². The quantitative estimate of drug-likeness (QED) is 0.479. The Morgan fingerprint density at radius 1 is 0.829 bits per heavy atom. The van der Waals surface area contributed by atoms with Crippen LogP contribution in [0.1, 0.15) is 35.6 Å². The summed E-state index contributed by atoms with van der Waals surface area (Å²) in [5, 5.41) is 32.6. The molecule has 5 aliphatic rings. The highest BCUT2D eigenvalue weighted by molar-refractivity contribution is 5.58. The van der Waals surface area contributed by atoms with Crippen molar-refractivity contribution < 1.29 is 58.0 Å². The van der Waals surface area contributed by atoms with Gasteiger partial charge in [-0.25, -0.2) is 0 Å². The molecule has 41 heavy (non-hydrogen) atoms. The second kappa shape index (κ2) is 10.5. The first-order valence-corrected chi connectivity index (χ1v) is 13.8. The number of ether oxygens (including phenoxy) is 9. The minimum Gasteiger partial charge on any atom is -0.502 e. The number of phenols is 1. The van der Waals surface area contributed by atoms with Gasteiger partial charge < -0.3 is 58.0 Å². The summed E-state index contributed by atoms with van der Waals surface area (Å²) in [6, 6.07) is 7.47. The van der Waals surface area contributed by atoms with Gasteiger partial charge in [-0.15, -0.1) is 0 Å². The molecule has 0 radical (unpaired) electrons. The van der Waals surface area contributed by atoms with E-state index in [-0.39, 0.29) is 36.9 Å². The second-order valence-electron chi connectivity index (χ2n) is 11.0. The number of methoxy groups -OCH3 is 2. The molecular weight excluding hydrogens is 540 g/mol. The van der Waals surface area contributed by atoms with Crippen molar-refractivity contribution in [2.24, 2.45) is 11.8 Å². The van der Waals surface area contributed by atoms with E-state index >= 15 is 0 Å². The molecule has 12 nitrogen and oxygen atoms in total. The van der Waals surface area contributed by atoms with Crippen LogP contribution in [0.15, 0.2) is 24.3 Å². The highest BCUT2D eigenvalue weighted by Gasteiger charge is 2.53. The average Bonchev–Trinajstić information content (AvgIpc) is 3.65. The molecule has 1 aliphatic carbocycles. The predicted octanol–water partition coefficient (Wildman–Crippen LogP) is 1.81. The number of benzene rings is 2. The van der Waals surface area contributed by atoms with Crippen molar-refractivity contribution in [1.29, 1.82) is 0 Å². The number of phenolic OH excluding ortho intramolecular Hbond substituents is 1. The molecule has 12 heteroatoms. The summed E-state index contributed by atoms with van der Waals surface area (Å²) in [6.07, 6.45) is -6.10. The number of fused-ring (bicyclic) bond motifs is 4. The fraction of sp³-hybridized carbons (Fsp3) is 0.586. The van der Waals surface area contributed by atoms with Crippen molar-refractivity contribution in [2.75, 3.05) is 40.8 Å². The Morgan fingerprint density at radius 3 is 2.22 bits per heavy atom. The van der Waals surface area contributed by atoms with E-state index in [1.807, 2.05) is 24.3 Å². The van der Waals surface area contributed by atoms with Gasteiger partial charge in [-0.05, 0) is 47.9 Å². The largest absolute Gasteiger partial charge is 0.502 e. The van der Waals surface area contributed by atoms with E-state index in [0.717, 1.165) is 16.7 Å². The van der Waals surface area contributed by atoms with Gasteiger partial charge in [-0.3, -0.25) is 0 Å². The minimum atomic E-state index is -1.34. The number of aliphatic hydroxyl groups is 2. The molecule has 0 spiro atoms. The van der Waals surface area contributed by atoms with Gasteiger partial charge in [0.1, 0.15) is 24.4 Å². The van der Waals surface area contributed by atoms with E-state index in [9.17, 15) is 15.3 Å². The molecule has 2 aromatic rings. The molecule has 10 atom stereocenters. The first-order valence-electron chi connectivity index (χ1n) is 13.8. The SMILES string of the molecule is COc1cc([C@@H]2c3cc4c(cc3[C@@H](O[C@@H]3O[C@@H]5CO[C@@H](C)O[C@H]5[C@H](O)[C@H]3O)[C@H]3COC[C@H]23)OCO4)cc(OC)c1O. The molecule has 4 heterocycles. The van der Waals surface area contributed by atoms with E-state index in [1.54, 1.807) is 6.92 Å². The Kier molecular flexibility index (Phi) is 6.89. The average molecular weight is 575 g/mol. The lowest BCUT2D eigenvalue weighted by atomic mass is 9.66. The van der Waals surface area contributed by atoms with E-state index < -0.39 is 43.1 Å². The van der Waals surface area contributed by atoms with Gasteiger partial charge in [0.05, 0.1) is 40.1 Å². The zero-order valence-corrected chi connectivity index (χ0v) is 22.9. The number of rotatable bonds is 5. The third-order valence-electron chi connectivity index (χ3n) is 8.83. The summed E-state index contributed by atoms with van der Waals surface area (Å²) in [7, 11) is 2.99. The van der Waals surface area contributed by atoms with Crippen LogP contribution in [0.4, 0.5) is 0 Å².